The summed E-state index contributed by atoms with van der Waals surface area (Å²) in [5.41, 5.74) is 1.32. The van der Waals surface area contributed by atoms with Gasteiger partial charge in [-0.3, -0.25) is 4.79 Å². The molecule has 0 aliphatic heterocycles. The van der Waals surface area contributed by atoms with Crippen LogP contribution < -0.4 is 15.4 Å². The van der Waals surface area contributed by atoms with E-state index in [-0.39, 0.29) is 11.9 Å². The Balaban J connectivity index is 1.83. The van der Waals surface area contributed by atoms with Crippen LogP contribution in [0, 0.1) is 6.92 Å². The first-order chi connectivity index (χ1) is 11.5. The molecular formula is C16H19N3O4S. The lowest BCUT2D eigenvalue weighted by molar-refractivity contribution is -0.114. The minimum absolute atomic E-state index is 0.130. The Morgan fingerprint density at radius 1 is 1.33 bits per heavy atom. The summed E-state index contributed by atoms with van der Waals surface area (Å²) in [6.07, 6.45) is 0. The van der Waals surface area contributed by atoms with Crippen molar-refractivity contribution in [2.45, 2.75) is 13.8 Å². The lowest BCUT2D eigenvalue weighted by atomic mass is 10.3. The van der Waals surface area contributed by atoms with E-state index in [1.165, 1.54) is 25.4 Å². The summed E-state index contributed by atoms with van der Waals surface area (Å²) in [4.78, 5) is 27.3. The molecule has 0 saturated heterocycles. The van der Waals surface area contributed by atoms with E-state index < -0.39 is 0 Å². The number of esters is 1. The molecule has 2 rings (SSSR count). The summed E-state index contributed by atoms with van der Waals surface area (Å²) in [6, 6.07) is 7.17. The molecule has 0 aliphatic carbocycles. The third kappa shape index (κ3) is 4.95. The van der Waals surface area contributed by atoms with E-state index in [0.29, 0.717) is 40.3 Å². The fourth-order valence-electron chi connectivity index (χ4n) is 1.95. The number of methoxy groups -OCH3 is 1. The van der Waals surface area contributed by atoms with Crippen LogP contribution in [0.3, 0.4) is 0 Å². The van der Waals surface area contributed by atoms with E-state index in [2.05, 4.69) is 15.6 Å². The van der Waals surface area contributed by atoms with Gasteiger partial charge in [0.15, 0.2) is 5.13 Å². The van der Waals surface area contributed by atoms with Crippen molar-refractivity contribution in [1.29, 1.82) is 0 Å². The van der Waals surface area contributed by atoms with Crippen LogP contribution in [0.2, 0.25) is 0 Å². The maximum Gasteiger partial charge on any atom is 0.350 e. The molecule has 2 aromatic rings. The van der Waals surface area contributed by atoms with Crippen LogP contribution in [-0.2, 0) is 9.53 Å². The van der Waals surface area contributed by atoms with Gasteiger partial charge in [-0.05, 0) is 19.1 Å². The standard InChI is InChI=1S/C16H19N3O4S/c1-10-14(15(21)22-3)24-16(18-10)17-7-8-23-13-6-4-5-12(9-13)19-11(2)20/h4-6,9H,7-8H2,1-3H3,(H,17,18)(H,19,20). The Labute approximate surface area is 144 Å². The maximum absolute atomic E-state index is 11.5. The number of hydrogen-bond donors (Lipinski definition) is 2. The first kappa shape index (κ1) is 17.7. The number of nitrogens with one attached hydrogen (secondary N) is 2. The maximum atomic E-state index is 11.5. The Morgan fingerprint density at radius 2 is 2.12 bits per heavy atom. The largest absolute Gasteiger partial charge is 0.492 e. The monoisotopic (exact) mass is 349 g/mol. The van der Waals surface area contributed by atoms with Gasteiger partial charge in [-0.15, -0.1) is 0 Å². The number of aromatic nitrogens is 1. The zero-order valence-corrected chi connectivity index (χ0v) is 14.5. The van der Waals surface area contributed by atoms with E-state index in [0.717, 1.165) is 0 Å². The molecule has 1 aromatic carbocycles. The van der Waals surface area contributed by atoms with Gasteiger partial charge in [0.1, 0.15) is 17.2 Å². The van der Waals surface area contributed by atoms with Crippen molar-refractivity contribution in [3.8, 4) is 5.75 Å². The van der Waals surface area contributed by atoms with Gasteiger partial charge in [0.25, 0.3) is 0 Å². The van der Waals surface area contributed by atoms with Crippen molar-refractivity contribution >= 4 is 34.0 Å². The molecule has 0 unspecified atom stereocenters. The molecule has 128 valence electrons. The smallest absolute Gasteiger partial charge is 0.350 e. The molecular weight excluding hydrogens is 330 g/mol. The van der Waals surface area contributed by atoms with Crippen LogP contribution in [0.5, 0.6) is 5.75 Å². The Bertz CT molecular complexity index is 730. The molecule has 2 N–H and O–H groups in total. The minimum atomic E-state index is -0.385. The number of thiazole rings is 1. The molecule has 0 fully saturated rings. The average Bonchev–Trinajstić information content (AvgIpc) is 2.91. The van der Waals surface area contributed by atoms with Crippen LogP contribution in [-0.4, -0.2) is 37.1 Å². The van der Waals surface area contributed by atoms with E-state index in [1.807, 2.05) is 6.07 Å². The topological polar surface area (TPSA) is 89.5 Å². The van der Waals surface area contributed by atoms with E-state index in [1.54, 1.807) is 25.1 Å². The second-order valence-corrected chi connectivity index (χ2v) is 5.91. The highest BCUT2D eigenvalue weighted by molar-refractivity contribution is 7.17. The molecule has 7 nitrogen and oxygen atoms in total. The average molecular weight is 349 g/mol. The van der Waals surface area contributed by atoms with Gasteiger partial charge < -0.3 is 20.1 Å². The van der Waals surface area contributed by atoms with Crippen molar-refractivity contribution in [2.75, 3.05) is 30.9 Å². The Hall–Kier alpha value is -2.61. The second-order valence-electron chi connectivity index (χ2n) is 4.91. The molecule has 0 bridgehead atoms. The molecule has 8 heteroatoms. The van der Waals surface area contributed by atoms with Crippen LogP contribution in [0.15, 0.2) is 24.3 Å². The van der Waals surface area contributed by atoms with Gasteiger partial charge >= 0.3 is 5.97 Å². The zero-order chi connectivity index (χ0) is 17.5. The van der Waals surface area contributed by atoms with Crippen molar-refractivity contribution in [1.82, 2.24) is 4.98 Å². The van der Waals surface area contributed by atoms with Crippen molar-refractivity contribution in [2.24, 2.45) is 0 Å². The number of anilines is 2. The molecule has 0 saturated carbocycles. The first-order valence-corrected chi connectivity index (χ1v) is 8.11. The molecule has 0 aliphatic rings. The van der Waals surface area contributed by atoms with Gasteiger partial charge in [0, 0.05) is 18.7 Å². The second kappa shape index (κ2) is 8.30. The normalized spacial score (nSPS) is 10.1. The zero-order valence-electron chi connectivity index (χ0n) is 13.7. The van der Waals surface area contributed by atoms with Gasteiger partial charge in [0.05, 0.1) is 19.3 Å². The number of hydrogen-bond acceptors (Lipinski definition) is 7. The Kier molecular flexibility index (Phi) is 6.14. The lowest BCUT2D eigenvalue weighted by Crippen LogP contribution is -2.11. The minimum Gasteiger partial charge on any atom is -0.492 e. The third-order valence-electron chi connectivity index (χ3n) is 2.97. The van der Waals surface area contributed by atoms with Gasteiger partial charge in [0.2, 0.25) is 5.91 Å². The van der Waals surface area contributed by atoms with Crippen LogP contribution >= 0.6 is 11.3 Å². The summed E-state index contributed by atoms with van der Waals surface area (Å²) in [6.45, 7) is 4.15. The van der Waals surface area contributed by atoms with Crippen LogP contribution in [0.1, 0.15) is 22.3 Å². The SMILES string of the molecule is COC(=O)c1sc(NCCOc2cccc(NC(C)=O)c2)nc1C. The number of carbonyl (C=O) groups is 2. The molecule has 1 amide bonds. The lowest BCUT2D eigenvalue weighted by Gasteiger charge is -2.08. The predicted molar refractivity (Wildman–Crippen MR) is 92.9 cm³/mol. The summed E-state index contributed by atoms with van der Waals surface area (Å²) in [5, 5.41) is 6.45. The fourth-order valence-corrected chi connectivity index (χ4v) is 2.86. The molecule has 0 spiro atoms. The summed E-state index contributed by atoms with van der Waals surface area (Å²) in [7, 11) is 1.34. The summed E-state index contributed by atoms with van der Waals surface area (Å²) < 4.78 is 10.3. The number of nitrogens with zero attached hydrogens (tertiary/aromatic N) is 1. The van der Waals surface area contributed by atoms with Crippen LogP contribution in [0.25, 0.3) is 0 Å². The highest BCUT2D eigenvalue weighted by Crippen LogP contribution is 2.23. The summed E-state index contributed by atoms with van der Waals surface area (Å²) in [5.74, 6) is 0.145. The number of rotatable bonds is 7. The van der Waals surface area contributed by atoms with Crippen molar-refractivity contribution in [3.05, 3.63) is 34.8 Å². The van der Waals surface area contributed by atoms with Crippen molar-refractivity contribution in [3.63, 3.8) is 0 Å². The fraction of sp³-hybridized carbons (Fsp3) is 0.312. The highest BCUT2D eigenvalue weighted by Gasteiger charge is 2.15. The van der Waals surface area contributed by atoms with Crippen LogP contribution in [0.4, 0.5) is 10.8 Å². The highest BCUT2D eigenvalue weighted by atomic mass is 32.1. The molecule has 24 heavy (non-hydrogen) atoms. The van der Waals surface area contributed by atoms with Gasteiger partial charge in [-0.1, -0.05) is 17.4 Å². The third-order valence-corrected chi connectivity index (χ3v) is 4.06. The van der Waals surface area contributed by atoms with E-state index in [4.69, 9.17) is 9.47 Å². The molecule has 1 heterocycles. The first-order valence-electron chi connectivity index (χ1n) is 7.29. The molecule has 0 radical (unpaired) electrons. The quantitative estimate of drug-likeness (QED) is 0.590. The number of ether oxygens (including phenoxy) is 2. The number of aryl methyl sites for hydroxylation is 1. The predicted octanol–water partition coefficient (Wildman–Crippen LogP) is 2.69. The molecule has 0 atom stereocenters. The Morgan fingerprint density at radius 3 is 2.83 bits per heavy atom. The van der Waals surface area contributed by atoms with E-state index >= 15 is 0 Å². The number of benzene rings is 1. The molecule has 1 aromatic heterocycles. The number of amides is 1. The number of carbonyl (C=O) groups excluding carboxylic acids is 2. The van der Waals surface area contributed by atoms with E-state index in [9.17, 15) is 9.59 Å². The van der Waals surface area contributed by atoms with Gasteiger partial charge in [-0.2, -0.15) is 0 Å². The van der Waals surface area contributed by atoms with Gasteiger partial charge in [-0.25, -0.2) is 9.78 Å². The summed E-state index contributed by atoms with van der Waals surface area (Å²) >= 11 is 1.25. The van der Waals surface area contributed by atoms with Crippen molar-refractivity contribution < 1.29 is 19.1 Å².